The van der Waals surface area contributed by atoms with Crippen molar-refractivity contribution in [2.45, 2.75) is 31.8 Å². The average Bonchev–Trinajstić information content (AvgIpc) is 2.49. The number of sulfonamides is 1. The van der Waals surface area contributed by atoms with Crippen LogP contribution < -0.4 is 9.46 Å². The summed E-state index contributed by atoms with van der Waals surface area (Å²) >= 11 is 0. The lowest BCUT2D eigenvalue weighted by atomic mass is 10.2. The second-order valence-electron chi connectivity index (χ2n) is 5.47. The van der Waals surface area contributed by atoms with Gasteiger partial charge in [0.15, 0.2) is 0 Å². The average molecular weight is 350 g/mol. The fourth-order valence-electron chi connectivity index (χ4n) is 1.95. The molecule has 128 valence electrons. The Labute approximate surface area is 140 Å². The van der Waals surface area contributed by atoms with Crippen molar-refractivity contribution < 1.29 is 23.1 Å². The molecule has 7 nitrogen and oxygen atoms in total. The minimum atomic E-state index is -3.98. The van der Waals surface area contributed by atoms with Crippen molar-refractivity contribution in [3.63, 3.8) is 0 Å². The van der Waals surface area contributed by atoms with Gasteiger partial charge in [-0.15, -0.1) is 0 Å². The molecule has 0 radical (unpaired) electrons. The third kappa shape index (κ3) is 4.23. The van der Waals surface area contributed by atoms with Gasteiger partial charge in [0.05, 0.1) is 16.6 Å². The van der Waals surface area contributed by atoms with Crippen LogP contribution >= 0.6 is 0 Å². The van der Waals surface area contributed by atoms with E-state index >= 15 is 0 Å². The molecule has 1 heterocycles. The molecule has 8 heteroatoms. The van der Waals surface area contributed by atoms with Crippen LogP contribution in [-0.4, -0.2) is 30.6 Å². The van der Waals surface area contributed by atoms with E-state index in [1.165, 1.54) is 18.2 Å². The lowest BCUT2D eigenvalue weighted by Gasteiger charge is -2.15. The topological polar surface area (TPSA) is 106 Å². The number of rotatable bonds is 6. The number of hydrogen-bond donors (Lipinski definition) is 2. The smallest absolute Gasteiger partial charge is 0.335 e. The zero-order chi connectivity index (χ0) is 17.9. The van der Waals surface area contributed by atoms with E-state index in [0.717, 1.165) is 11.6 Å². The molecule has 2 rings (SSSR count). The number of carbonyl (C=O) groups is 1. The Bertz CT molecular complexity index is 863. The summed E-state index contributed by atoms with van der Waals surface area (Å²) in [5.74, 6) is -1.04. The highest BCUT2D eigenvalue weighted by Crippen LogP contribution is 2.26. The first-order valence-corrected chi connectivity index (χ1v) is 8.67. The Hall–Kier alpha value is -2.61. The summed E-state index contributed by atoms with van der Waals surface area (Å²) in [6, 6.07) is 6.71. The monoisotopic (exact) mass is 350 g/mol. The molecule has 0 aliphatic heterocycles. The van der Waals surface area contributed by atoms with Crippen molar-refractivity contribution in [2.24, 2.45) is 0 Å². The Morgan fingerprint density at radius 2 is 2.00 bits per heavy atom. The number of carboxylic acid groups (broad SMARTS) is 1. The fourth-order valence-corrected chi connectivity index (χ4v) is 3.04. The molecule has 0 aliphatic carbocycles. The van der Waals surface area contributed by atoms with Gasteiger partial charge in [-0.1, -0.05) is 6.07 Å². The minimum absolute atomic E-state index is 0.112. The van der Waals surface area contributed by atoms with Crippen molar-refractivity contribution in [1.29, 1.82) is 0 Å². The molecule has 0 atom stereocenters. The second kappa shape index (κ2) is 6.88. The Morgan fingerprint density at radius 3 is 2.62 bits per heavy atom. The minimum Gasteiger partial charge on any atom is -0.478 e. The van der Waals surface area contributed by atoms with Crippen LogP contribution in [0, 0.1) is 6.92 Å². The summed E-state index contributed by atoms with van der Waals surface area (Å²) in [5, 5.41) is 9.00. The highest BCUT2D eigenvalue weighted by atomic mass is 32.2. The molecule has 1 aromatic carbocycles. The molecular formula is C16H18N2O5S. The van der Waals surface area contributed by atoms with Gasteiger partial charge in [-0.2, -0.15) is 0 Å². The first kappa shape index (κ1) is 17.7. The van der Waals surface area contributed by atoms with Crippen LogP contribution in [0.5, 0.6) is 5.88 Å². The maximum atomic E-state index is 12.5. The molecule has 2 aromatic rings. The van der Waals surface area contributed by atoms with Crippen molar-refractivity contribution in [2.75, 3.05) is 4.72 Å². The zero-order valence-corrected chi connectivity index (χ0v) is 14.3. The van der Waals surface area contributed by atoms with Gasteiger partial charge in [-0.05, 0) is 50.6 Å². The molecular weight excluding hydrogens is 332 g/mol. The summed E-state index contributed by atoms with van der Waals surface area (Å²) in [7, 11) is -3.98. The van der Waals surface area contributed by atoms with E-state index in [0.29, 0.717) is 0 Å². The normalized spacial score (nSPS) is 11.3. The number of nitrogens with one attached hydrogen (secondary N) is 1. The molecule has 0 aliphatic rings. The Kier molecular flexibility index (Phi) is 5.08. The molecule has 0 saturated carbocycles. The van der Waals surface area contributed by atoms with Crippen LogP contribution in [0.1, 0.15) is 29.8 Å². The van der Waals surface area contributed by atoms with Gasteiger partial charge in [-0.25, -0.2) is 18.2 Å². The molecule has 2 N–H and O–H groups in total. The SMILES string of the molecule is Cc1cnc(OC(C)C)c(NS(=O)(=O)c2cccc(C(=O)O)c2)c1. The molecule has 24 heavy (non-hydrogen) atoms. The summed E-state index contributed by atoms with van der Waals surface area (Å²) in [6.07, 6.45) is 1.39. The van der Waals surface area contributed by atoms with E-state index in [2.05, 4.69) is 9.71 Å². The Balaban J connectivity index is 2.41. The van der Waals surface area contributed by atoms with E-state index in [9.17, 15) is 13.2 Å². The number of anilines is 1. The summed E-state index contributed by atoms with van der Waals surface area (Å²) in [4.78, 5) is 15.0. The molecule has 0 amide bonds. The van der Waals surface area contributed by atoms with E-state index in [1.807, 2.05) is 0 Å². The van der Waals surface area contributed by atoms with E-state index in [1.54, 1.807) is 33.0 Å². The number of aromatic nitrogens is 1. The first-order valence-electron chi connectivity index (χ1n) is 7.18. The van der Waals surface area contributed by atoms with Gasteiger partial charge in [-0.3, -0.25) is 4.72 Å². The van der Waals surface area contributed by atoms with Crippen molar-refractivity contribution in [1.82, 2.24) is 4.98 Å². The molecule has 0 unspecified atom stereocenters. The van der Waals surface area contributed by atoms with Crippen molar-refractivity contribution in [3.8, 4) is 5.88 Å². The standard InChI is InChI=1S/C16H18N2O5S/c1-10(2)23-15-14(7-11(3)9-17-15)18-24(21,22)13-6-4-5-12(8-13)16(19)20/h4-10,18H,1-3H3,(H,19,20). The Morgan fingerprint density at radius 1 is 1.29 bits per heavy atom. The highest BCUT2D eigenvalue weighted by molar-refractivity contribution is 7.92. The highest BCUT2D eigenvalue weighted by Gasteiger charge is 2.19. The fraction of sp³-hybridized carbons (Fsp3) is 0.250. The number of aryl methyl sites for hydroxylation is 1. The maximum absolute atomic E-state index is 12.5. The van der Waals surface area contributed by atoms with Gasteiger partial charge in [0, 0.05) is 6.20 Å². The summed E-state index contributed by atoms with van der Waals surface area (Å²) in [6.45, 7) is 5.38. The van der Waals surface area contributed by atoms with Gasteiger partial charge in [0.25, 0.3) is 10.0 Å². The molecule has 0 spiro atoms. The summed E-state index contributed by atoms with van der Waals surface area (Å²) in [5.41, 5.74) is 0.839. The molecule has 0 bridgehead atoms. The van der Waals surface area contributed by atoms with Crippen LogP contribution in [0.4, 0.5) is 5.69 Å². The number of pyridine rings is 1. The number of nitrogens with zero attached hydrogens (tertiary/aromatic N) is 1. The van der Waals surface area contributed by atoms with Crippen molar-refractivity contribution >= 4 is 21.7 Å². The lowest BCUT2D eigenvalue weighted by molar-refractivity contribution is 0.0696. The summed E-state index contributed by atoms with van der Waals surface area (Å²) < 4.78 is 33.0. The van der Waals surface area contributed by atoms with E-state index in [-0.39, 0.29) is 28.1 Å². The van der Waals surface area contributed by atoms with Gasteiger partial charge < -0.3 is 9.84 Å². The quantitative estimate of drug-likeness (QED) is 0.830. The number of carboxylic acids is 1. The van der Waals surface area contributed by atoms with Gasteiger partial charge in [0.2, 0.25) is 5.88 Å². The first-order chi connectivity index (χ1) is 11.2. The largest absolute Gasteiger partial charge is 0.478 e. The predicted molar refractivity (Wildman–Crippen MR) is 88.9 cm³/mol. The van der Waals surface area contributed by atoms with Gasteiger partial charge in [0.1, 0.15) is 5.69 Å². The van der Waals surface area contributed by atoms with Crippen LogP contribution in [0.3, 0.4) is 0 Å². The van der Waals surface area contributed by atoms with E-state index in [4.69, 9.17) is 9.84 Å². The van der Waals surface area contributed by atoms with Crippen LogP contribution in [0.15, 0.2) is 41.4 Å². The molecule has 1 aromatic heterocycles. The number of ether oxygens (including phenoxy) is 1. The zero-order valence-electron chi connectivity index (χ0n) is 13.5. The molecule has 0 fully saturated rings. The van der Waals surface area contributed by atoms with Crippen LogP contribution in [0.2, 0.25) is 0 Å². The maximum Gasteiger partial charge on any atom is 0.335 e. The number of benzene rings is 1. The molecule has 0 saturated heterocycles. The van der Waals surface area contributed by atoms with E-state index < -0.39 is 16.0 Å². The lowest BCUT2D eigenvalue weighted by Crippen LogP contribution is -2.16. The predicted octanol–water partition coefficient (Wildman–Crippen LogP) is 2.68. The number of aromatic carboxylic acids is 1. The third-order valence-electron chi connectivity index (χ3n) is 2.97. The van der Waals surface area contributed by atoms with Crippen molar-refractivity contribution in [3.05, 3.63) is 47.7 Å². The van der Waals surface area contributed by atoms with Crippen LogP contribution in [-0.2, 0) is 10.0 Å². The third-order valence-corrected chi connectivity index (χ3v) is 4.33. The second-order valence-corrected chi connectivity index (χ2v) is 7.15. The van der Waals surface area contributed by atoms with Gasteiger partial charge >= 0.3 is 5.97 Å². The number of hydrogen-bond acceptors (Lipinski definition) is 5. The van der Waals surface area contributed by atoms with Crippen LogP contribution in [0.25, 0.3) is 0 Å².